The molecule has 2 fully saturated rings. The molecule has 0 spiro atoms. The van der Waals surface area contributed by atoms with Crippen molar-refractivity contribution in [2.75, 3.05) is 13.1 Å². The Morgan fingerprint density at radius 3 is 1.80 bits per heavy atom. The molecule has 6 rings (SSSR count). The Morgan fingerprint density at radius 2 is 1.27 bits per heavy atom. The van der Waals surface area contributed by atoms with Crippen LogP contribution in [0.25, 0.3) is 0 Å². The second-order valence-corrected chi connectivity index (χ2v) is 13.0. The van der Waals surface area contributed by atoms with E-state index in [1.165, 1.54) is 0 Å². The van der Waals surface area contributed by atoms with Gasteiger partial charge in [-0.15, -0.1) is 0 Å². The largest absolute Gasteiger partial charge is 0.293 e. The average Bonchev–Trinajstić information content (AvgIpc) is 3.43. The first kappa shape index (κ1) is 26.4. The van der Waals surface area contributed by atoms with Gasteiger partial charge in [0.1, 0.15) is 0 Å². The molecular formula is C34H31NO4S. The summed E-state index contributed by atoms with van der Waals surface area (Å²) in [6.45, 7) is 2.56. The minimum Gasteiger partial charge on any atom is -0.293 e. The lowest BCUT2D eigenvalue weighted by molar-refractivity contribution is 0.0775. The Bertz CT molecular complexity index is 1590. The SMILES string of the molecule is Cc1ccc(S(=O)(=O)N2C[C@H]3[C@H](c4ccccc4)[C@@]3(CC(C(=O)c3ccccc3)C(=O)c3ccccc3)C2)cc1. The lowest BCUT2D eigenvalue weighted by Crippen LogP contribution is -2.35. The summed E-state index contributed by atoms with van der Waals surface area (Å²) in [6, 6.07) is 34.8. The van der Waals surface area contributed by atoms with Gasteiger partial charge in [0.25, 0.3) is 0 Å². The van der Waals surface area contributed by atoms with Crippen molar-refractivity contribution >= 4 is 21.6 Å². The van der Waals surface area contributed by atoms with Crippen molar-refractivity contribution in [3.05, 3.63) is 138 Å². The zero-order valence-corrected chi connectivity index (χ0v) is 23.1. The molecule has 5 nitrogen and oxygen atoms in total. The van der Waals surface area contributed by atoms with Gasteiger partial charge in [-0.25, -0.2) is 8.42 Å². The minimum absolute atomic E-state index is 0.0183. The van der Waals surface area contributed by atoms with Crippen LogP contribution in [0.15, 0.2) is 120 Å². The molecule has 0 unspecified atom stereocenters. The third-order valence-corrected chi connectivity index (χ3v) is 10.5. The summed E-state index contributed by atoms with van der Waals surface area (Å²) in [7, 11) is -3.72. The molecule has 0 amide bonds. The molecule has 0 aromatic heterocycles. The molecule has 1 aliphatic heterocycles. The molecule has 0 radical (unpaired) electrons. The summed E-state index contributed by atoms with van der Waals surface area (Å²) in [5, 5.41) is 0. The zero-order chi connectivity index (χ0) is 27.9. The molecule has 1 heterocycles. The van der Waals surface area contributed by atoms with Gasteiger partial charge in [0.15, 0.2) is 11.6 Å². The van der Waals surface area contributed by atoms with Crippen molar-refractivity contribution < 1.29 is 18.0 Å². The molecule has 1 aliphatic carbocycles. The number of rotatable bonds is 9. The molecule has 1 saturated heterocycles. The number of carbonyl (C=O) groups is 2. The molecule has 0 N–H and O–H groups in total. The van der Waals surface area contributed by atoms with E-state index in [1.807, 2.05) is 37.3 Å². The van der Waals surface area contributed by atoms with Crippen molar-refractivity contribution in [1.29, 1.82) is 0 Å². The second-order valence-electron chi connectivity index (χ2n) is 11.1. The summed E-state index contributed by atoms with van der Waals surface area (Å²) in [6.07, 6.45) is 0.290. The van der Waals surface area contributed by atoms with Crippen LogP contribution >= 0.6 is 0 Å². The van der Waals surface area contributed by atoms with Gasteiger partial charge in [-0.3, -0.25) is 9.59 Å². The highest BCUT2D eigenvalue weighted by molar-refractivity contribution is 7.89. The van der Waals surface area contributed by atoms with Gasteiger partial charge < -0.3 is 0 Å². The number of hydrogen-bond acceptors (Lipinski definition) is 4. The van der Waals surface area contributed by atoms with Crippen molar-refractivity contribution in [2.45, 2.75) is 24.2 Å². The Hall–Kier alpha value is -3.87. The van der Waals surface area contributed by atoms with Crippen LogP contribution in [0.3, 0.4) is 0 Å². The maximum Gasteiger partial charge on any atom is 0.243 e. The summed E-state index contributed by atoms with van der Waals surface area (Å²) in [5.41, 5.74) is 2.58. The topological polar surface area (TPSA) is 71.5 Å². The highest BCUT2D eigenvalue weighted by Gasteiger charge is 2.71. The lowest BCUT2D eigenvalue weighted by atomic mass is 9.80. The van der Waals surface area contributed by atoms with Gasteiger partial charge in [-0.2, -0.15) is 4.31 Å². The number of nitrogens with zero attached hydrogens (tertiary/aromatic N) is 1. The van der Waals surface area contributed by atoms with Crippen LogP contribution < -0.4 is 0 Å². The Balaban J connectivity index is 1.38. The number of benzene rings is 4. The van der Waals surface area contributed by atoms with Gasteiger partial charge in [0, 0.05) is 24.2 Å². The van der Waals surface area contributed by atoms with Gasteiger partial charge in [0.2, 0.25) is 10.0 Å². The maximum absolute atomic E-state index is 13.9. The fraction of sp³-hybridized carbons (Fsp3) is 0.235. The number of Topliss-reactive ketones (excluding diaryl/α,β-unsaturated/α-hetero) is 2. The molecule has 0 bridgehead atoms. The van der Waals surface area contributed by atoms with Crippen LogP contribution in [0.1, 0.15) is 44.2 Å². The standard InChI is InChI=1S/C34H31NO4S/c1-24-17-19-28(20-18-24)40(38,39)35-22-30-31(25-11-5-2-6-12-25)34(30,23-35)21-29(32(36)26-13-7-3-8-14-26)33(37)27-15-9-4-10-16-27/h2-20,29-31H,21-23H2,1H3/t30-,31-,34-/m0/s1. The Kier molecular flexibility index (Phi) is 6.77. The number of piperidine rings is 1. The van der Waals surface area contributed by atoms with E-state index in [9.17, 15) is 18.0 Å². The molecule has 2 aliphatic rings. The molecule has 6 heteroatoms. The maximum atomic E-state index is 13.9. The number of carbonyl (C=O) groups excluding carboxylic acids is 2. The van der Waals surface area contributed by atoms with E-state index in [1.54, 1.807) is 77.1 Å². The first-order chi connectivity index (χ1) is 19.3. The summed E-state index contributed by atoms with van der Waals surface area (Å²) >= 11 is 0. The molecule has 4 aromatic carbocycles. The van der Waals surface area contributed by atoms with E-state index in [0.29, 0.717) is 24.1 Å². The van der Waals surface area contributed by atoms with E-state index < -0.39 is 21.4 Å². The fourth-order valence-corrected chi connectivity index (χ4v) is 8.14. The number of hydrogen-bond donors (Lipinski definition) is 0. The van der Waals surface area contributed by atoms with Crippen LogP contribution in [0.2, 0.25) is 0 Å². The lowest BCUT2D eigenvalue weighted by Gasteiger charge is -2.26. The summed E-state index contributed by atoms with van der Waals surface area (Å²) in [4.78, 5) is 28.1. The number of sulfonamides is 1. The first-order valence-corrected chi connectivity index (χ1v) is 15.1. The smallest absolute Gasteiger partial charge is 0.243 e. The van der Waals surface area contributed by atoms with E-state index in [-0.39, 0.29) is 34.8 Å². The molecular weight excluding hydrogens is 518 g/mol. The molecule has 202 valence electrons. The average molecular weight is 550 g/mol. The van der Waals surface area contributed by atoms with Crippen LogP contribution in [0, 0.1) is 24.2 Å². The molecule has 1 saturated carbocycles. The first-order valence-electron chi connectivity index (χ1n) is 13.6. The fourth-order valence-electron chi connectivity index (χ4n) is 6.59. The highest BCUT2D eigenvalue weighted by atomic mass is 32.2. The van der Waals surface area contributed by atoms with E-state index in [4.69, 9.17) is 0 Å². The van der Waals surface area contributed by atoms with Crippen molar-refractivity contribution in [1.82, 2.24) is 4.31 Å². The van der Waals surface area contributed by atoms with E-state index >= 15 is 0 Å². The molecule has 3 atom stereocenters. The third kappa shape index (κ3) is 4.61. The quantitative estimate of drug-likeness (QED) is 0.185. The van der Waals surface area contributed by atoms with Crippen LogP contribution in [0.4, 0.5) is 0 Å². The van der Waals surface area contributed by atoms with Crippen molar-refractivity contribution in [3.8, 4) is 0 Å². The van der Waals surface area contributed by atoms with Crippen LogP contribution in [0.5, 0.6) is 0 Å². The van der Waals surface area contributed by atoms with Gasteiger partial charge in [-0.05, 0) is 48.3 Å². The summed E-state index contributed by atoms with van der Waals surface area (Å²) in [5.74, 6) is -1.26. The Morgan fingerprint density at radius 1 is 0.775 bits per heavy atom. The predicted molar refractivity (Wildman–Crippen MR) is 155 cm³/mol. The highest BCUT2D eigenvalue weighted by Crippen LogP contribution is 2.71. The zero-order valence-electron chi connectivity index (χ0n) is 22.3. The summed E-state index contributed by atoms with van der Waals surface area (Å²) < 4.78 is 28.9. The monoisotopic (exact) mass is 549 g/mol. The minimum atomic E-state index is -3.72. The van der Waals surface area contributed by atoms with Crippen molar-refractivity contribution in [2.24, 2.45) is 17.3 Å². The number of aryl methyl sites for hydroxylation is 1. The van der Waals surface area contributed by atoms with Crippen LogP contribution in [-0.2, 0) is 10.0 Å². The van der Waals surface area contributed by atoms with E-state index in [2.05, 4.69) is 12.1 Å². The van der Waals surface area contributed by atoms with Crippen LogP contribution in [-0.4, -0.2) is 37.4 Å². The third-order valence-electron chi connectivity index (χ3n) is 8.67. The second kappa shape index (κ2) is 10.3. The van der Waals surface area contributed by atoms with Gasteiger partial charge in [0.05, 0.1) is 10.8 Å². The predicted octanol–water partition coefficient (Wildman–Crippen LogP) is 6.17. The number of ketones is 2. The van der Waals surface area contributed by atoms with E-state index in [0.717, 1.165) is 11.1 Å². The van der Waals surface area contributed by atoms with Gasteiger partial charge in [-0.1, -0.05) is 109 Å². The number of fused-ring (bicyclic) bond motifs is 1. The molecule has 4 aromatic rings. The normalized spacial score (nSPS) is 22.1. The Labute approximate surface area is 235 Å². The van der Waals surface area contributed by atoms with Gasteiger partial charge >= 0.3 is 0 Å². The molecule has 40 heavy (non-hydrogen) atoms. The van der Waals surface area contributed by atoms with Crippen molar-refractivity contribution in [3.63, 3.8) is 0 Å².